The lowest BCUT2D eigenvalue weighted by atomic mass is 10.2. The molecule has 0 unspecified atom stereocenters. The van der Waals surface area contributed by atoms with Gasteiger partial charge in [0.25, 0.3) is 0 Å². The Morgan fingerprint density at radius 2 is 2.22 bits per heavy atom. The SMILES string of the molecule is O=C(O)C[N+]1([O-])CCC1. The number of likely N-dealkylation sites (tertiary alicyclic amines) is 1. The summed E-state index contributed by atoms with van der Waals surface area (Å²) in [5, 5.41) is 19.1. The van der Waals surface area contributed by atoms with Gasteiger partial charge in [0, 0.05) is 6.42 Å². The largest absolute Gasteiger partial charge is 0.632 e. The van der Waals surface area contributed by atoms with Crippen LogP contribution in [0.1, 0.15) is 6.42 Å². The van der Waals surface area contributed by atoms with E-state index in [-0.39, 0.29) is 6.54 Å². The molecule has 0 aromatic carbocycles. The van der Waals surface area contributed by atoms with E-state index in [9.17, 15) is 10.0 Å². The monoisotopic (exact) mass is 131 g/mol. The molecule has 0 aromatic heterocycles. The van der Waals surface area contributed by atoms with E-state index in [1.54, 1.807) is 0 Å². The van der Waals surface area contributed by atoms with E-state index in [4.69, 9.17) is 5.11 Å². The first kappa shape index (κ1) is 6.51. The van der Waals surface area contributed by atoms with Crippen LogP contribution < -0.4 is 0 Å². The lowest BCUT2D eigenvalue weighted by molar-refractivity contribution is -0.911. The predicted molar refractivity (Wildman–Crippen MR) is 30.5 cm³/mol. The smallest absolute Gasteiger partial charge is 0.359 e. The molecule has 9 heavy (non-hydrogen) atoms. The third-order valence-corrected chi connectivity index (χ3v) is 1.55. The van der Waals surface area contributed by atoms with Crippen molar-refractivity contribution in [1.29, 1.82) is 0 Å². The average molecular weight is 131 g/mol. The maximum absolute atomic E-state index is 10.9. The number of carboxylic acids is 1. The van der Waals surface area contributed by atoms with Gasteiger partial charge in [-0.15, -0.1) is 0 Å². The fourth-order valence-electron chi connectivity index (χ4n) is 0.915. The van der Waals surface area contributed by atoms with Crippen LogP contribution in [-0.4, -0.2) is 35.4 Å². The second kappa shape index (κ2) is 1.97. The van der Waals surface area contributed by atoms with Crippen molar-refractivity contribution >= 4 is 5.97 Å². The Balaban J connectivity index is 2.33. The molecule has 0 saturated carbocycles. The van der Waals surface area contributed by atoms with Gasteiger partial charge in [0.05, 0.1) is 13.1 Å². The predicted octanol–water partition coefficient (Wildman–Crippen LogP) is -0.211. The van der Waals surface area contributed by atoms with Gasteiger partial charge in [0.1, 0.15) is 0 Å². The fraction of sp³-hybridized carbons (Fsp3) is 0.800. The quantitative estimate of drug-likeness (QED) is 0.416. The molecule has 0 atom stereocenters. The number of carboxylic acid groups (broad SMARTS) is 1. The summed E-state index contributed by atoms with van der Waals surface area (Å²) in [6, 6.07) is 0. The van der Waals surface area contributed by atoms with Crippen molar-refractivity contribution in [3.05, 3.63) is 5.21 Å². The molecular weight excluding hydrogens is 122 g/mol. The number of hydrogen-bond donors (Lipinski definition) is 1. The Kier molecular flexibility index (Phi) is 1.42. The zero-order chi connectivity index (χ0) is 6.91. The summed E-state index contributed by atoms with van der Waals surface area (Å²) < 4.78 is -0.519. The zero-order valence-electron chi connectivity index (χ0n) is 5.04. The van der Waals surface area contributed by atoms with Crippen LogP contribution in [0, 0.1) is 5.21 Å². The van der Waals surface area contributed by atoms with E-state index in [0.29, 0.717) is 13.1 Å². The maximum Gasteiger partial charge on any atom is 0.359 e. The highest BCUT2D eigenvalue weighted by Crippen LogP contribution is 2.16. The Bertz CT molecular complexity index is 130. The number of hydrogen-bond acceptors (Lipinski definition) is 2. The first-order chi connectivity index (χ1) is 4.12. The molecule has 4 heteroatoms. The van der Waals surface area contributed by atoms with E-state index >= 15 is 0 Å². The number of carbonyl (C=O) groups is 1. The van der Waals surface area contributed by atoms with Crippen LogP contribution in [0.3, 0.4) is 0 Å². The molecular formula is C5H9NO3. The molecule has 52 valence electrons. The Morgan fingerprint density at radius 1 is 1.67 bits per heavy atom. The van der Waals surface area contributed by atoms with Crippen LogP contribution >= 0.6 is 0 Å². The van der Waals surface area contributed by atoms with Gasteiger partial charge >= 0.3 is 5.97 Å². The molecule has 0 spiro atoms. The molecule has 4 nitrogen and oxygen atoms in total. The van der Waals surface area contributed by atoms with Crippen molar-refractivity contribution in [2.24, 2.45) is 0 Å². The molecule has 1 aliphatic rings. The van der Waals surface area contributed by atoms with E-state index in [0.717, 1.165) is 6.42 Å². The topological polar surface area (TPSA) is 60.4 Å². The molecule has 0 radical (unpaired) electrons. The van der Waals surface area contributed by atoms with Gasteiger partial charge in [0.2, 0.25) is 0 Å². The summed E-state index contributed by atoms with van der Waals surface area (Å²) >= 11 is 0. The molecule has 0 bridgehead atoms. The number of quaternary nitrogens is 1. The molecule has 0 aromatic rings. The summed E-state index contributed by atoms with van der Waals surface area (Å²) in [4.78, 5) is 9.99. The van der Waals surface area contributed by atoms with Crippen molar-refractivity contribution in [1.82, 2.24) is 0 Å². The Hall–Kier alpha value is -0.610. The summed E-state index contributed by atoms with van der Waals surface area (Å²) in [7, 11) is 0. The molecule has 0 amide bonds. The third-order valence-electron chi connectivity index (χ3n) is 1.55. The second-order valence-corrected chi connectivity index (χ2v) is 2.41. The van der Waals surface area contributed by atoms with Crippen LogP contribution in [0.25, 0.3) is 0 Å². The van der Waals surface area contributed by atoms with Gasteiger partial charge < -0.3 is 15.0 Å². The van der Waals surface area contributed by atoms with E-state index < -0.39 is 10.6 Å². The fourth-order valence-corrected chi connectivity index (χ4v) is 0.915. The summed E-state index contributed by atoms with van der Waals surface area (Å²) in [5.74, 6) is -0.996. The normalized spacial score (nSPS) is 22.8. The Labute approximate surface area is 52.9 Å². The van der Waals surface area contributed by atoms with Crippen LogP contribution in [0.5, 0.6) is 0 Å². The molecule has 1 saturated heterocycles. The minimum absolute atomic E-state index is 0.264. The lowest BCUT2D eigenvalue weighted by Gasteiger charge is -2.48. The van der Waals surface area contributed by atoms with Crippen LogP contribution in [0.15, 0.2) is 0 Å². The average Bonchev–Trinajstić information content (AvgIpc) is 1.60. The second-order valence-electron chi connectivity index (χ2n) is 2.41. The molecule has 1 N–H and O–H groups in total. The number of aliphatic carboxylic acids is 1. The van der Waals surface area contributed by atoms with Crippen LogP contribution in [-0.2, 0) is 4.79 Å². The number of nitrogens with zero attached hydrogens (tertiary/aromatic N) is 1. The highest BCUT2D eigenvalue weighted by atomic mass is 16.6. The van der Waals surface area contributed by atoms with Gasteiger partial charge in [-0.25, -0.2) is 4.79 Å². The van der Waals surface area contributed by atoms with Crippen molar-refractivity contribution in [3.63, 3.8) is 0 Å². The van der Waals surface area contributed by atoms with Crippen molar-refractivity contribution in [2.45, 2.75) is 6.42 Å². The van der Waals surface area contributed by atoms with Gasteiger partial charge in [-0.1, -0.05) is 0 Å². The summed E-state index contributed by atoms with van der Waals surface area (Å²) in [6.07, 6.45) is 0.872. The Morgan fingerprint density at radius 3 is 2.33 bits per heavy atom. The van der Waals surface area contributed by atoms with Crippen molar-refractivity contribution in [2.75, 3.05) is 19.6 Å². The minimum atomic E-state index is -0.996. The van der Waals surface area contributed by atoms with Gasteiger partial charge in [-0.2, -0.15) is 0 Å². The lowest BCUT2D eigenvalue weighted by Crippen LogP contribution is -2.55. The van der Waals surface area contributed by atoms with Crippen molar-refractivity contribution in [3.8, 4) is 0 Å². The number of hydroxylamine groups is 3. The van der Waals surface area contributed by atoms with Gasteiger partial charge in [-0.3, -0.25) is 0 Å². The van der Waals surface area contributed by atoms with E-state index in [2.05, 4.69) is 0 Å². The van der Waals surface area contributed by atoms with E-state index in [1.807, 2.05) is 0 Å². The molecule has 1 rings (SSSR count). The molecule has 1 fully saturated rings. The highest BCUT2D eigenvalue weighted by molar-refractivity contribution is 5.68. The first-order valence-corrected chi connectivity index (χ1v) is 2.91. The van der Waals surface area contributed by atoms with Gasteiger partial charge in [0.15, 0.2) is 6.54 Å². The minimum Gasteiger partial charge on any atom is -0.632 e. The zero-order valence-corrected chi connectivity index (χ0v) is 5.04. The summed E-state index contributed by atoms with van der Waals surface area (Å²) in [5.41, 5.74) is 0. The van der Waals surface area contributed by atoms with E-state index in [1.165, 1.54) is 0 Å². The summed E-state index contributed by atoms with van der Waals surface area (Å²) in [6.45, 7) is 0.693. The first-order valence-electron chi connectivity index (χ1n) is 2.91. The molecule has 1 aliphatic heterocycles. The molecule has 0 aliphatic carbocycles. The van der Waals surface area contributed by atoms with Crippen LogP contribution in [0.4, 0.5) is 0 Å². The van der Waals surface area contributed by atoms with Gasteiger partial charge in [-0.05, 0) is 0 Å². The number of rotatable bonds is 2. The molecule has 1 heterocycles. The van der Waals surface area contributed by atoms with Crippen LogP contribution in [0.2, 0.25) is 0 Å². The standard InChI is InChI=1S/C5H9NO3/c7-5(8)4-6(9)2-1-3-6/h1-4H2,(H,7,8). The maximum atomic E-state index is 10.9. The third kappa shape index (κ3) is 1.40. The van der Waals surface area contributed by atoms with Crippen molar-refractivity contribution < 1.29 is 14.5 Å². The highest BCUT2D eigenvalue weighted by Gasteiger charge is 2.28.